The van der Waals surface area contributed by atoms with Crippen LogP contribution in [0.5, 0.6) is 0 Å². The Morgan fingerprint density at radius 1 is 0.871 bits per heavy atom. The summed E-state index contributed by atoms with van der Waals surface area (Å²) in [5, 5.41) is 0. The summed E-state index contributed by atoms with van der Waals surface area (Å²) in [6, 6.07) is 17.8. The quantitative estimate of drug-likeness (QED) is 0.672. The van der Waals surface area contributed by atoms with Crippen LogP contribution in [0.3, 0.4) is 0 Å². The van der Waals surface area contributed by atoms with Gasteiger partial charge in [-0.1, -0.05) is 42.5 Å². The molecule has 4 rings (SSSR count). The maximum absolute atomic E-state index is 12.7. The first kappa shape index (κ1) is 21.6. The summed E-state index contributed by atoms with van der Waals surface area (Å²) < 4.78 is 25.6. The van der Waals surface area contributed by atoms with Gasteiger partial charge in [-0.25, -0.2) is 8.42 Å². The molecule has 0 aromatic heterocycles. The molecule has 2 fully saturated rings. The molecule has 1 amide bonds. The Hall–Kier alpha value is -2.64. The van der Waals surface area contributed by atoms with Gasteiger partial charge in [-0.3, -0.25) is 14.0 Å². The summed E-state index contributed by atoms with van der Waals surface area (Å²) in [5.74, 6) is 0.231. The van der Waals surface area contributed by atoms with E-state index in [2.05, 4.69) is 29.2 Å². The molecule has 2 heterocycles. The van der Waals surface area contributed by atoms with Crippen LogP contribution >= 0.6 is 0 Å². The van der Waals surface area contributed by atoms with Gasteiger partial charge in [0.05, 0.1) is 11.4 Å². The van der Waals surface area contributed by atoms with Crippen LogP contribution in [0.2, 0.25) is 0 Å². The van der Waals surface area contributed by atoms with Crippen LogP contribution in [0.4, 0.5) is 5.69 Å². The molecule has 0 atom stereocenters. The van der Waals surface area contributed by atoms with Gasteiger partial charge in [-0.2, -0.15) is 0 Å². The lowest BCUT2D eigenvalue weighted by atomic mass is 10.2. The highest BCUT2D eigenvalue weighted by Gasteiger charge is 2.28. The van der Waals surface area contributed by atoms with Gasteiger partial charge >= 0.3 is 0 Å². The summed E-state index contributed by atoms with van der Waals surface area (Å²) in [7, 11) is -3.17. The first-order chi connectivity index (χ1) is 15.0. The summed E-state index contributed by atoms with van der Waals surface area (Å²) in [6.45, 7) is 4.79. The molecule has 2 aromatic rings. The minimum Gasteiger partial charge on any atom is -0.338 e. The van der Waals surface area contributed by atoms with E-state index in [-0.39, 0.29) is 11.7 Å². The first-order valence-electron chi connectivity index (χ1n) is 10.8. The van der Waals surface area contributed by atoms with Gasteiger partial charge in [-0.05, 0) is 42.2 Å². The maximum atomic E-state index is 12.7. The zero-order valence-corrected chi connectivity index (χ0v) is 18.5. The fourth-order valence-electron chi connectivity index (χ4n) is 4.15. The van der Waals surface area contributed by atoms with Crippen molar-refractivity contribution in [2.45, 2.75) is 19.4 Å². The molecule has 0 spiro atoms. The molecule has 2 saturated heterocycles. The summed E-state index contributed by atoms with van der Waals surface area (Å²) in [5.41, 5.74) is 2.87. The Kier molecular flexibility index (Phi) is 6.73. The van der Waals surface area contributed by atoms with E-state index < -0.39 is 10.0 Å². The molecule has 0 aliphatic carbocycles. The lowest BCUT2D eigenvalue weighted by Gasteiger charge is -2.21. The predicted octanol–water partition coefficient (Wildman–Crippen LogP) is 2.97. The number of anilines is 1. The number of amides is 1. The monoisotopic (exact) mass is 439 g/mol. The average Bonchev–Trinajstić information content (AvgIpc) is 2.97. The third-order valence-electron chi connectivity index (χ3n) is 5.85. The van der Waals surface area contributed by atoms with Gasteiger partial charge in [0, 0.05) is 45.3 Å². The van der Waals surface area contributed by atoms with E-state index >= 15 is 0 Å². The normalized spacial score (nSPS) is 19.6. The molecule has 31 heavy (non-hydrogen) atoms. The highest BCUT2D eigenvalue weighted by atomic mass is 32.2. The van der Waals surface area contributed by atoms with Gasteiger partial charge in [-0.15, -0.1) is 0 Å². The minimum absolute atomic E-state index is 0.0211. The lowest BCUT2D eigenvalue weighted by molar-refractivity contribution is -0.125. The van der Waals surface area contributed by atoms with E-state index in [9.17, 15) is 13.2 Å². The molecule has 164 valence electrons. The van der Waals surface area contributed by atoms with Crippen LogP contribution in [0.1, 0.15) is 24.0 Å². The topological polar surface area (TPSA) is 60.9 Å². The van der Waals surface area contributed by atoms with Crippen molar-refractivity contribution in [3.8, 4) is 0 Å². The van der Waals surface area contributed by atoms with Crippen LogP contribution < -0.4 is 4.31 Å². The van der Waals surface area contributed by atoms with Gasteiger partial charge in [0.2, 0.25) is 15.9 Å². The minimum atomic E-state index is -3.17. The Balaban J connectivity index is 1.31. The molecule has 0 bridgehead atoms. The van der Waals surface area contributed by atoms with E-state index in [1.165, 1.54) is 9.87 Å². The number of hydrogen-bond acceptors (Lipinski definition) is 4. The molecule has 0 N–H and O–H groups in total. The zero-order chi connectivity index (χ0) is 21.7. The molecule has 2 aliphatic heterocycles. The second-order valence-electron chi connectivity index (χ2n) is 8.11. The number of hydrogen-bond donors (Lipinski definition) is 0. The molecule has 0 unspecified atom stereocenters. The Labute approximate surface area is 184 Å². The van der Waals surface area contributed by atoms with E-state index in [0.29, 0.717) is 18.7 Å². The SMILES string of the molecule is O=C(/C=C/c1ccc(N2CCCS2(=O)=O)cc1)N1CCCN(Cc2ccccc2)CC1. The molecule has 0 saturated carbocycles. The fraction of sp³-hybridized carbons (Fsp3) is 0.375. The number of carbonyl (C=O) groups is 1. The highest BCUT2D eigenvalue weighted by molar-refractivity contribution is 7.93. The van der Waals surface area contributed by atoms with Gasteiger partial charge in [0.25, 0.3) is 0 Å². The van der Waals surface area contributed by atoms with Crippen molar-refractivity contribution >= 4 is 27.7 Å². The van der Waals surface area contributed by atoms with Gasteiger partial charge in [0.1, 0.15) is 0 Å². The second kappa shape index (κ2) is 9.66. The average molecular weight is 440 g/mol. The van der Waals surface area contributed by atoms with Crippen LogP contribution in [0, 0.1) is 0 Å². The maximum Gasteiger partial charge on any atom is 0.246 e. The number of nitrogens with zero attached hydrogens (tertiary/aromatic N) is 3. The molecule has 2 aliphatic rings. The number of rotatable bonds is 5. The van der Waals surface area contributed by atoms with E-state index in [4.69, 9.17) is 0 Å². The fourth-order valence-corrected chi connectivity index (χ4v) is 5.71. The second-order valence-corrected chi connectivity index (χ2v) is 10.1. The van der Waals surface area contributed by atoms with Crippen molar-refractivity contribution in [3.05, 3.63) is 71.8 Å². The van der Waals surface area contributed by atoms with Crippen molar-refractivity contribution in [1.29, 1.82) is 0 Å². The van der Waals surface area contributed by atoms with E-state index in [1.807, 2.05) is 23.1 Å². The van der Waals surface area contributed by atoms with Crippen LogP contribution in [0.15, 0.2) is 60.7 Å². The van der Waals surface area contributed by atoms with Crippen molar-refractivity contribution in [2.24, 2.45) is 0 Å². The third kappa shape index (κ3) is 5.54. The smallest absolute Gasteiger partial charge is 0.246 e. The number of sulfonamides is 1. The lowest BCUT2D eigenvalue weighted by Crippen LogP contribution is -2.34. The first-order valence-corrected chi connectivity index (χ1v) is 12.5. The molecule has 0 radical (unpaired) electrons. The van der Waals surface area contributed by atoms with Crippen LogP contribution in [-0.4, -0.2) is 62.6 Å². The van der Waals surface area contributed by atoms with Crippen LogP contribution in [0.25, 0.3) is 6.08 Å². The van der Waals surface area contributed by atoms with Crippen molar-refractivity contribution < 1.29 is 13.2 Å². The predicted molar refractivity (Wildman–Crippen MR) is 124 cm³/mol. The van der Waals surface area contributed by atoms with Crippen molar-refractivity contribution in [3.63, 3.8) is 0 Å². The zero-order valence-electron chi connectivity index (χ0n) is 17.7. The Bertz CT molecular complexity index is 1020. The summed E-state index contributed by atoms with van der Waals surface area (Å²) in [4.78, 5) is 17.0. The highest BCUT2D eigenvalue weighted by Crippen LogP contribution is 2.24. The molecule has 6 nitrogen and oxygen atoms in total. The largest absolute Gasteiger partial charge is 0.338 e. The van der Waals surface area contributed by atoms with Crippen molar-refractivity contribution in [2.75, 3.05) is 42.8 Å². The molecule has 2 aromatic carbocycles. The Morgan fingerprint density at radius 2 is 1.65 bits per heavy atom. The molecule has 7 heteroatoms. The molecular weight excluding hydrogens is 410 g/mol. The number of carbonyl (C=O) groups excluding carboxylic acids is 1. The van der Waals surface area contributed by atoms with Gasteiger partial charge < -0.3 is 4.90 Å². The van der Waals surface area contributed by atoms with Crippen LogP contribution in [-0.2, 0) is 21.4 Å². The summed E-state index contributed by atoms with van der Waals surface area (Å²) >= 11 is 0. The summed E-state index contributed by atoms with van der Waals surface area (Å²) in [6.07, 6.45) is 5.05. The van der Waals surface area contributed by atoms with E-state index in [0.717, 1.165) is 44.7 Å². The van der Waals surface area contributed by atoms with Crippen molar-refractivity contribution in [1.82, 2.24) is 9.80 Å². The standard InChI is InChI=1S/C24H29N3O3S/c28-24(26-15-4-14-25(17-18-26)20-22-6-2-1-3-7-22)13-10-21-8-11-23(12-9-21)27-16-5-19-31(27,29)30/h1-3,6-13H,4-5,14-20H2/b13-10+. The third-order valence-corrected chi connectivity index (χ3v) is 7.72. The van der Waals surface area contributed by atoms with E-state index in [1.54, 1.807) is 24.3 Å². The number of benzene rings is 2. The van der Waals surface area contributed by atoms with Gasteiger partial charge in [0.15, 0.2) is 0 Å². The Morgan fingerprint density at radius 3 is 2.35 bits per heavy atom. The molecular formula is C24H29N3O3S.